The van der Waals surface area contributed by atoms with Crippen molar-refractivity contribution in [3.63, 3.8) is 0 Å². The highest BCUT2D eigenvalue weighted by Crippen LogP contribution is 2.10. The number of nitrogens with zero attached hydrogens (tertiary/aromatic N) is 1. The summed E-state index contributed by atoms with van der Waals surface area (Å²) < 4.78 is 5.23. The first kappa shape index (κ1) is 12.8. The van der Waals surface area contributed by atoms with E-state index in [1.165, 1.54) is 5.06 Å². The van der Waals surface area contributed by atoms with Crippen LogP contribution in [0.4, 0.5) is 0 Å². The van der Waals surface area contributed by atoms with Gasteiger partial charge in [0.05, 0.1) is 25.4 Å². The van der Waals surface area contributed by atoms with Crippen LogP contribution in [-0.2, 0) is 21.0 Å². The molecule has 1 heterocycles. The van der Waals surface area contributed by atoms with Crippen molar-refractivity contribution in [2.24, 2.45) is 5.73 Å². The second-order valence-electron chi connectivity index (χ2n) is 3.91. The molecule has 0 saturated heterocycles. The monoisotopic (exact) mass is 248 g/mol. The Bertz CT molecular complexity index is 431. The molecule has 18 heavy (non-hydrogen) atoms. The van der Waals surface area contributed by atoms with Gasteiger partial charge in [0.15, 0.2) is 0 Å². The third kappa shape index (κ3) is 3.40. The zero-order valence-corrected chi connectivity index (χ0v) is 10.0. The predicted molar refractivity (Wildman–Crippen MR) is 66.0 cm³/mol. The van der Waals surface area contributed by atoms with Gasteiger partial charge in [-0.1, -0.05) is 30.3 Å². The van der Waals surface area contributed by atoms with E-state index in [9.17, 15) is 4.79 Å². The van der Waals surface area contributed by atoms with Crippen molar-refractivity contribution in [1.82, 2.24) is 5.06 Å². The number of benzene rings is 1. The van der Waals surface area contributed by atoms with Crippen LogP contribution >= 0.6 is 0 Å². The Morgan fingerprint density at radius 3 is 2.89 bits per heavy atom. The highest BCUT2D eigenvalue weighted by molar-refractivity contribution is 5.89. The molecule has 0 amide bonds. The van der Waals surface area contributed by atoms with Crippen molar-refractivity contribution in [3.05, 3.63) is 47.5 Å². The maximum Gasteiger partial charge on any atom is 0.335 e. The van der Waals surface area contributed by atoms with Crippen LogP contribution < -0.4 is 5.73 Å². The maximum atomic E-state index is 11.8. The van der Waals surface area contributed by atoms with Gasteiger partial charge >= 0.3 is 5.97 Å². The molecule has 0 fully saturated rings. The second kappa shape index (κ2) is 6.30. The third-order valence-electron chi connectivity index (χ3n) is 2.61. The summed E-state index contributed by atoms with van der Waals surface area (Å²) >= 11 is 0. The molecular formula is C13H16N2O3. The maximum absolute atomic E-state index is 11.8. The lowest BCUT2D eigenvalue weighted by Gasteiger charge is -2.24. The van der Waals surface area contributed by atoms with Gasteiger partial charge in [0.25, 0.3) is 0 Å². The molecule has 1 aliphatic heterocycles. The van der Waals surface area contributed by atoms with Gasteiger partial charge in [-0.3, -0.25) is 4.84 Å². The van der Waals surface area contributed by atoms with Crippen LogP contribution in [0.3, 0.4) is 0 Å². The molecule has 1 aromatic carbocycles. The number of ether oxygens (including phenoxy) is 1. The molecule has 0 atom stereocenters. The minimum absolute atomic E-state index is 0.253. The quantitative estimate of drug-likeness (QED) is 0.799. The van der Waals surface area contributed by atoms with Crippen LogP contribution in [0.1, 0.15) is 5.56 Å². The highest BCUT2D eigenvalue weighted by atomic mass is 16.7. The van der Waals surface area contributed by atoms with E-state index in [2.05, 4.69) is 0 Å². The number of hydrogen-bond acceptors (Lipinski definition) is 5. The smallest absolute Gasteiger partial charge is 0.335 e. The van der Waals surface area contributed by atoms with Crippen molar-refractivity contribution in [3.8, 4) is 0 Å². The first-order chi connectivity index (χ1) is 8.79. The summed E-state index contributed by atoms with van der Waals surface area (Å²) in [5.74, 6) is -0.319. The molecule has 0 bridgehead atoms. The molecule has 0 radical (unpaired) electrons. The van der Waals surface area contributed by atoms with E-state index < -0.39 is 0 Å². The van der Waals surface area contributed by atoms with E-state index in [0.29, 0.717) is 18.7 Å². The zero-order chi connectivity index (χ0) is 12.8. The summed E-state index contributed by atoms with van der Waals surface area (Å²) in [5, 5.41) is 1.53. The number of rotatable bonds is 4. The number of carbonyl (C=O) groups is 1. The molecular weight excluding hydrogens is 232 g/mol. The Morgan fingerprint density at radius 2 is 2.17 bits per heavy atom. The summed E-state index contributed by atoms with van der Waals surface area (Å²) in [4.78, 5) is 17.0. The fourth-order valence-electron chi connectivity index (χ4n) is 1.62. The summed E-state index contributed by atoms with van der Waals surface area (Å²) in [6, 6.07) is 9.57. The molecule has 0 aromatic heterocycles. The Labute approximate surface area is 106 Å². The van der Waals surface area contributed by atoms with E-state index in [1.54, 1.807) is 6.08 Å². The molecule has 0 unspecified atom stereocenters. The van der Waals surface area contributed by atoms with Gasteiger partial charge in [0.1, 0.15) is 6.61 Å². The Hall–Kier alpha value is -1.69. The minimum atomic E-state index is -0.319. The SMILES string of the molecule is NCN1CC(C(=O)OCc2ccccc2)=CCO1. The molecule has 2 N–H and O–H groups in total. The molecule has 5 heteroatoms. The highest BCUT2D eigenvalue weighted by Gasteiger charge is 2.18. The Morgan fingerprint density at radius 1 is 1.39 bits per heavy atom. The summed E-state index contributed by atoms with van der Waals surface area (Å²) in [5.41, 5.74) is 7.00. The van der Waals surface area contributed by atoms with Crippen LogP contribution in [0.25, 0.3) is 0 Å². The van der Waals surface area contributed by atoms with Crippen molar-refractivity contribution in [1.29, 1.82) is 0 Å². The molecule has 2 rings (SSSR count). The number of hydroxylamine groups is 2. The minimum Gasteiger partial charge on any atom is -0.457 e. The molecule has 1 aromatic rings. The normalized spacial score (nSPS) is 16.2. The van der Waals surface area contributed by atoms with Gasteiger partial charge < -0.3 is 10.5 Å². The van der Waals surface area contributed by atoms with Gasteiger partial charge in [0, 0.05) is 0 Å². The largest absolute Gasteiger partial charge is 0.457 e. The van der Waals surface area contributed by atoms with Crippen molar-refractivity contribution in [2.75, 3.05) is 19.8 Å². The van der Waals surface area contributed by atoms with Crippen molar-refractivity contribution < 1.29 is 14.4 Å². The first-order valence-corrected chi connectivity index (χ1v) is 5.77. The second-order valence-corrected chi connectivity index (χ2v) is 3.91. The van der Waals surface area contributed by atoms with Gasteiger partial charge in [0.2, 0.25) is 0 Å². The Kier molecular flexibility index (Phi) is 4.46. The van der Waals surface area contributed by atoms with Gasteiger partial charge in [-0.2, -0.15) is 5.06 Å². The summed E-state index contributed by atoms with van der Waals surface area (Å²) in [7, 11) is 0. The predicted octanol–water partition coefficient (Wildman–Crippen LogP) is 0.820. The topological polar surface area (TPSA) is 64.8 Å². The summed E-state index contributed by atoms with van der Waals surface area (Å²) in [6.45, 7) is 1.25. The van der Waals surface area contributed by atoms with Gasteiger partial charge in [-0.25, -0.2) is 4.79 Å². The number of carbonyl (C=O) groups excluding carboxylic acids is 1. The number of nitrogens with two attached hydrogens (primary N) is 1. The molecule has 0 spiro atoms. The summed E-state index contributed by atoms with van der Waals surface area (Å²) in [6.07, 6.45) is 1.72. The molecule has 0 saturated carbocycles. The average molecular weight is 248 g/mol. The van der Waals surface area contributed by atoms with E-state index in [-0.39, 0.29) is 19.2 Å². The van der Waals surface area contributed by atoms with Crippen molar-refractivity contribution >= 4 is 5.97 Å². The van der Waals surface area contributed by atoms with E-state index in [0.717, 1.165) is 5.56 Å². The average Bonchev–Trinajstić information content (AvgIpc) is 2.46. The van der Waals surface area contributed by atoms with E-state index >= 15 is 0 Å². The lowest BCUT2D eigenvalue weighted by Crippen LogP contribution is -2.36. The van der Waals surface area contributed by atoms with Crippen LogP contribution in [0.2, 0.25) is 0 Å². The van der Waals surface area contributed by atoms with E-state index in [4.69, 9.17) is 15.3 Å². The van der Waals surface area contributed by atoms with E-state index in [1.807, 2.05) is 30.3 Å². The van der Waals surface area contributed by atoms with Crippen LogP contribution in [-0.4, -0.2) is 30.9 Å². The van der Waals surface area contributed by atoms with Crippen LogP contribution in [0.5, 0.6) is 0 Å². The fourth-order valence-corrected chi connectivity index (χ4v) is 1.62. The standard InChI is InChI=1S/C13H16N2O3/c14-10-15-8-12(6-7-18-15)13(16)17-9-11-4-2-1-3-5-11/h1-6H,7-10,14H2. The number of hydrogen-bond donors (Lipinski definition) is 1. The van der Waals surface area contributed by atoms with Crippen LogP contribution in [0.15, 0.2) is 42.0 Å². The third-order valence-corrected chi connectivity index (χ3v) is 2.61. The Balaban J connectivity index is 1.87. The van der Waals surface area contributed by atoms with Crippen molar-refractivity contribution in [2.45, 2.75) is 6.61 Å². The molecule has 96 valence electrons. The van der Waals surface area contributed by atoms with Crippen LogP contribution in [0, 0.1) is 0 Å². The first-order valence-electron chi connectivity index (χ1n) is 5.77. The number of esters is 1. The zero-order valence-electron chi connectivity index (χ0n) is 10.0. The fraction of sp³-hybridized carbons (Fsp3) is 0.308. The molecule has 0 aliphatic carbocycles. The van der Waals surface area contributed by atoms with Gasteiger partial charge in [-0.15, -0.1) is 0 Å². The lowest BCUT2D eigenvalue weighted by molar-refractivity contribution is -0.158. The molecule has 1 aliphatic rings. The lowest BCUT2D eigenvalue weighted by atomic mass is 10.2. The molecule has 5 nitrogen and oxygen atoms in total. The van der Waals surface area contributed by atoms with Gasteiger partial charge in [-0.05, 0) is 11.6 Å².